The van der Waals surface area contributed by atoms with Crippen LogP contribution in [0.3, 0.4) is 0 Å². The first-order valence-corrected chi connectivity index (χ1v) is 2.49. The second-order valence-corrected chi connectivity index (χ2v) is 1.63. The van der Waals surface area contributed by atoms with Gasteiger partial charge in [0.05, 0.1) is 11.0 Å². The molecule has 0 aliphatic carbocycles. The van der Waals surface area contributed by atoms with Gasteiger partial charge in [0.25, 0.3) is 5.69 Å². The van der Waals surface area contributed by atoms with Crippen LogP contribution in [0.1, 0.15) is 0 Å². The highest BCUT2D eigenvalue weighted by molar-refractivity contribution is 5.31. The Labute approximate surface area is 56.1 Å². The lowest BCUT2D eigenvalue weighted by molar-refractivity contribution is -0.385. The summed E-state index contributed by atoms with van der Waals surface area (Å²) >= 11 is 0. The van der Waals surface area contributed by atoms with E-state index in [1.165, 1.54) is 12.3 Å². The van der Waals surface area contributed by atoms with Gasteiger partial charge in [0.1, 0.15) is 0 Å². The lowest BCUT2D eigenvalue weighted by Gasteiger charge is -1.89. The molecule has 52 valence electrons. The molecule has 0 saturated carbocycles. The molecule has 1 rings (SSSR count). The van der Waals surface area contributed by atoms with Gasteiger partial charge in [-0.25, -0.2) is 4.98 Å². The number of nitro groups is 1. The molecule has 1 aromatic rings. The molecule has 0 fully saturated rings. The maximum atomic E-state index is 10.0. The molecule has 0 unspecified atom stereocenters. The SMILES string of the molecule is O=[N+]([O-])c1ccnc(O)c1. The van der Waals surface area contributed by atoms with E-state index >= 15 is 0 Å². The van der Waals surface area contributed by atoms with E-state index in [1.54, 1.807) is 0 Å². The summed E-state index contributed by atoms with van der Waals surface area (Å²) in [6, 6.07) is 2.19. The molecule has 10 heavy (non-hydrogen) atoms. The topological polar surface area (TPSA) is 76.3 Å². The van der Waals surface area contributed by atoms with Crippen LogP contribution in [0.2, 0.25) is 0 Å². The van der Waals surface area contributed by atoms with Gasteiger partial charge in [-0.2, -0.15) is 0 Å². The second-order valence-electron chi connectivity index (χ2n) is 1.63. The molecule has 0 saturated heterocycles. The maximum absolute atomic E-state index is 10.0. The minimum absolute atomic E-state index is 0.160. The van der Waals surface area contributed by atoms with E-state index in [0.717, 1.165) is 6.07 Å². The van der Waals surface area contributed by atoms with Crippen molar-refractivity contribution in [3.63, 3.8) is 0 Å². The summed E-state index contributed by atoms with van der Waals surface area (Å²) in [5, 5.41) is 18.7. The van der Waals surface area contributed by atoms with Crippen LogP contribution >= 0.6 is 0 Å². The van der Waals surface area contributed by atoms with Crippen molar-refractivity contribution in [2.24, 2.45) is 0 Å². The van der Waals surface area contributed by atoms with Crippen LogP contribution in [-0.4, -0.2) is 15.0 Å². The molecule has 0 aromatic carbocycles. The van der Waals surface area contributed by atoms with E-state index in [9.17, 15) is 10.1 Å². The van der Waals surface area contributed by atoms with Gasteiger partial charge in [-0.15, -0.1) is 0 Å². The molecule has 0 bridgehead atoms. The lowest BCUT2D eigenvalue weighted by atomic mass is 10.4. The minimum atomic E-state index is -0.596. The van der Waals surface area contributed by atoms with E-state index in [-0.39, 0.29) is 11.6 Å². The van der Waals surface area contributed by atoms with Crippen LogP contribution in [0.15, 0.2) is 18.3 Å². The van der Waals surface area contributed by atoms with Gasteiger partial charge in [-0.05, 0) is 0 Å². The molecule has 1 N–H and O–H groups in total. The molecule has 1 heterocycles. The number of hydrogen-bond acceptors (Lipinski definition) is 4. The second kappa shape index (κ2) is 2.30. The lowest BCUT2D eigenvalue weighted by Crippen LogP contribution is -1.86. The molecule has 0 atom stereocenters. The normalized spacial score (nSPS) is 9.20. The Bertz CT molecular complexity index is 261. The molecule has 0 amide bonds. The van der Waals surface area contributed by atoms with Crippen molar-refractivity contribution in [2.45, 2.75) is 0 Å². The Morgan fingerprint density at radius 2 is 2.40 bits per heavy atom. The number of aromatic nitrogens is 1. The molecule has 0 aliphatic heterocycles. The van der Waals surface area contributed by atoms with Crippen molar-refractivity contribution in [3.8, 4) is 5.88 Å². The molecule has 1 aromatic heterocycles. The monoisotopic (exact) mass is 140 g/mol. The first kappa shape index (κ1) is 6.47. The average Bonchev–Trinajstić information content (AvgIpc) is 1.88. The van der Waals surface area contributed by atoms with Crippen molar-refractivity contribution < 1.29 is 10.0 Å². The summed E-state index contributed by atoms with van der Waals surface area (Å²) in [6.07, 6.45) is 1.17. The fourth-order valence-corrected chi connectivity index (χ4v) is 0.521. The fourth-order valence-electron chi connectivity index (χ4n) is 0.521. The Morgan fingerprint density at radius 3 is 2.80 bits per heavy atom. The van der Waals surface area contributed by atoms with Crippen LogP contribution < -0.4 is 0 Å². The molecule has 0 spiro atoms. The Hall–Kier alpha value is -1.65. The summed E-state index contributed by atoms with van der Waals surface area (Å²) in [4.78, 5) is 12.8. The van der Waals surface area contributed by atoms with Gasteiger partial charge in [0, 0.05) is 12.3 Å². The van der Waals surface area contributed by atoms with Gasteiger partial charge in [-0.1, -0.05) is 0 Å². The van der Waals surface area contributed by atoms with Gasteiger partial charge in [0.15, 0.2) is 0 Å². The number of rotatable bonds is 1. The smallest absolute Gasteiger partial charge is 0.276 e. The summed E-state index contributed by atoms with van der Waals surface area (Å²) in [6.45, 7) is 0. The van der Waals surface area contributed by atoms with Crippen LogP contribution in [0, 0.1) is 10.1 Å². The zero-order chi connectivity index (χ0) is 7.56. The zero-order valence-corrected chi connectivity index (χ0v) is 4.89. The zero-order valence-electron chi connectivity index (χ0n) is 4.89. The first-order chi connectivity index (χ1) is 4.70. The highest BCUT2D eigenvalue weighted by Crippen LogP contribution is 2.13. The molecular weight excluding hydrogens is 136 g/mol. The first-order valence-electron chi connectivity index (χ1n) is 2.49. The highest BCUT2D eigenvalue weighted by Gasteiger charge is 2.04. The minimum Gasteiger partial charge on any atom is -0.493 e. The Balaban J connectivity index is 3.07. The predicted octanol–water partition coefficient (Wildman–Crippen LogP) is 0.695. The fraction of sp³-hybridized carbons (Fsp3) is 0. The number of pyridine rings is 1. The molecular formula is C5H4N2O3. The van der Waals surface area contributed by atoms with Crippen LogP contribution in [-0.2, 0) is 0 Å². The van der Waals surface area contributed by atoms with Gasteiger partial charge in [-0.3, -0.25) is 10.1 Å². The Kier molecular flexibility index (Phi) is 1.49. The van der Waals surface area contributed by atoms with E-state index in [1.807, 2.05) is 0 Å². The van der Waals surface area contributed by atoms with E-state index < -0.39 is 4.92 Å². The van der Waals surface area contributed by atoms with Crippen LogP contribution in [0.4, 0.5) is 5.69 Å². The number of hydrogen-bond donors (Lipinski definition) is 1. The maximum Gasteiger partial charge on any atom is 0.276 e. The van der Waals surface area contributed by atoms with Gasteiger partial charge >= 0.3 is 0 Å². The summed E-state index contributed by atoms with van der Waals surface area (Å²) in [7, 11) is 0. The molecule has 0 aliphatic rings. The predicted molar refractivity (Wildman–Crippen MR) is 32.6 cm³/mol. The highest BCUT2D eigenvalue weighted by atomic mass is 16.6. The third-order valence-electron chi connectivity index (χ3n) is 0.940. The van der Waals surface area contributed by atoms with Crippen LogP contribution in [0.5, 0.6) is 5.88 Å². The van der Waals surface area contributed by atoms with Gasteiger partial charge < -0.3 is 5.11 Å². The quantitative estimate of drug-likeness (QED) is 0.460. The van der Waals surface area contributed by atoms with Crippen molar-refractivity contribution >= 4 is 5.69 Å². The van der Waals surface area contributed by atoms with Crippen molar-refractivity contribution in [1.29, 1.82) is 0 Å². The third kappa shape index (κ3) is 1.19. The van der Waals surface area contributed by atoms with Crippen LogP contribution in [0.25, 0.3) is 0 Å². The summed E-state index contributed by atoms with van der Waals surface area (Å²) in [5.74, 6) is -0.339. The average molecular weight is 140 g/mol. The standard InChI is InChI=1S/C5H4N2O3/c8-5-3-4(7(9)10)1-2-6-5/h1-3H,(H,6,8). The summed E-state index contributed by atoms with van der Waals surface area (Å²) in [5.41, 5.74) is -0.160. The summed E-state index contributed by atoms with van der Waals surface area (Å²) < 4.78 is 0. The van der Waals surface area contributed by atoms with Gasteiger partial charge in [0.2, 0.25) is 5.88 Å². The number of nitrogens with zero attached hydrogens (tertiary/aromatic N) is 2. The molecule has 0 radical (unpaired) electrons. The third-order valence-corrected chi connectivity index (χ3v) is 0.940. The van der Waals surface area contributed by atoms with E-state index in [2.05, 4.69) is 4.98 Å². The van der Waals surface area contributed by atoms with Crippen molar-refractivity contribution in [3.05, 3.63) is 28.4 Å². The molecule has 5 nitrogen and oxygen atoms in total. The van der Waals surface area contributed by atoms with E-state index in [0.29, 0.717) is 0 Å². The van der Waals surface area contributed by atoms with Crippen molar-refractivity contribution in [1.82, 2.24) is 4.98 Å². The van der Waals surface area contributed by atoms with Crippen molar-refractivity contribution in [2.75, 3.05) is 0 Å². The Morgan fingerprint density at radius 1 is 1.70 bits per heavy atom. The largest absolute Gasteiger partial charge is 0.493 e. The molecule has 5 heteroatoms. The number of aromatic hydroxyl groups is 1. The van der Waals surface area contributed by atoms with E-state index in [4.69, 9.17) is 5.11 Å².